The SMILES string of the molecule is CC(C)(C)NCc1nnnn1CCCCC(F)(F)F. The first-order valence-corrected chi connectivity index (χ1v) is 6.24. The molecule has 1 heterocycles. The Balaban J connectivity index is 2.37. The number of tetrazole rings is 1. The summed E-state index contributed by atoms with van der Waals surface area (Å²) in [7, 11) is 0. The second kappa shape index (κ2) is 6.31. The number of nitrogens with zero attached hydrogens (tertiary/aromatic N) is 4. The van der Waals surface area contributed by atoms with Crippen LogP contribution in [0.2, 0.25) is 0 Å². The van der Waals surface area contributed by atoms with E-state index in [0.717, 1.165) is 0 Å². The highest BCUT2D eigenvalue weighted by atomic mass is 19.4. The largest absolute Gasteiger partial charge is 0.389 e. The number of unbranched alkanes of at least 4 members (excludes halogenated alkanes) is 1. The molecule has 0 unspecified atom stereocenters. The van der Waals surface area contributed by atoms with Crippen molar-refractivity contribution < 1.29 is 13.2 Å². The summed E-state index contributed by atoms with van der Waals surface area (Å²) in [4.78, 5) is 0. The smallest absolute Gasteiger partial charge is 0.305 e. The molecule has 0 saturated heterocycles. The molecular weight excluding hydrogens is 259 g/mol. The van der Waals surface area contributed by atoms with Gasteiger partial charge < -0.3 is 5.32 Å². The lowest BCUT2D eigenvalue weighted by Crippen LogP contribution is -2.36. The van der Waals surface area contributed by atoms with Gasteiger partial charge in [0, 0.05) is 18.5 Å². The number of aryl methyl sites for hydroxylation is 1. The van der Waals surface area contributed by atoms with Crippen LogP contribution < -0.4 is 5.32 Å². The maximum Gasteiger partial charge on any atom is 0.389 e. The lowest BCUT2D eigenvalue weighted by Gasteiger charge is -2.19. The molecule has 0 aromatic carbocycles. The molecule has 5 nitrogen and oxygen atoms in total. The van der Waals surface area contributed by atoms with Crippen LogP contribution in [0.15, 0.2) is 0 Å². The maximum atomic E-state index is 12.0. The molecule has 110 valence electrons. The van der Waals surface area contributed by atoms with E-state index >= 15 is 0 Å². The molecular formula is C11H20F3N5. The Hall–Kier alpha value is -1.18. The topological polar surface area (TPSA) is 55.6 Å². The van der Waals surface area contributed by atoms with Crippen molar-refractivity contribution >= 4 is 0 Å². The molecule has 8 heteroatoms. The summed E-state index contributed by atoms with van der Waals surface area (Å²) < 4.78 is 37.5. The minimum absolute atomic E-state index is 0.0624. The Labute approximate surface area is 110 Å². The third-order valence-corrected chi connectivity index (χ3v) is 2.46. The minimum Gasteiger partial charge on any atom is -0.305 e. The van der Waals surface area contributed by atoms with Gasteiger partial charge in [0.15, 0.2) is 5.82 Å². The predicted molar refractivity (Wildman–Crippen MR) is 64.3 cm³/mol. The van der Waals surface area contributed by atoms with Crippen molar-refractivity contribution in [1.29, 1.82) is 0 Å². The highest BCUT2D eigenvalue weighted by Gasteiger charge is 2.25. The van der Waals surface area contributed by atoms with Crippen molar-refractivity contribution in [1.82, 2.24) is 25.5 Å². The highest BCUT2D eigenvalue weighted by molar-refractivity contribution is 4.83. The number of aromatic nitrogens is 4. The zero-order valence-electron chi connectivity index (χ0n) is 11.5. The van der Waals surface area contributed by atoms with E-state index in [-0.39, 0.29) is 12.0 Å². The monoisotopic (exact) mass is 279 g/mol. The molecule has 0 bridgehead atoms. The van der Waals surface area contributed by atoms with Crippen LogP contribution in [-0.4, -0.2) is 31.9 Å². The fourth-order valence-corrected chi connectivity index (χ4v) is 1.45. The van der Waals surface area contributed by atoms with Gasteiger partial charge in [-0.15, -0.1) is 5.10 Å². The average molecular weight is 279 g/mol. The van der Waals surface area contributed by atoms with E-state index in [1.54, 1.807) is 4.68 Å². The van der Waals surface area contributed by atoms with Crippen molar-refractivity contribution in [3.63, 3.8) is 0 Å². The number of rotatable bonds is 6. The molecule has 19 heavy (non-hydrogen) atoms. The van der Waals surface area contributed by atoms with Crippen molar-refractivity contribution in [2.24, 2.45) is 0 Å². The van der Waals surface area contributed by atoms with Crippen molar-refractivity contribution in [3.8, 4) is 0 Å². The van der Waals surface area contributed by atoms with Crippen LogP contribution in [0.5, 0.6) is 0 Å². The zero-order chi connectivity index (χ0) is 14.5. The lowest BCUT2D eigenvalue weighted by atomic mass is 10.1. The number of halogens is 3. The molecule has 1 aromatic heterocycles. The van der Waals surface area contributed by atoms with Gasteiger partial charge in [-0.1, -0.05) is 0 Å². The number of hydrogen-bond donors (Lipinski definition) is 1. The summed E-state index contributed by atoms with van der Waals surface area (Å²) in [5.41, 5.74) is -0.0624. The van der Waals surface area contributed by atoms with E-state index in [1.165, 1.54) is 0 Å². The van der Waals surface area contributed by atoms with Crippen LogP contribution in [0, 0.1) is 0 Å². The highest BCUT2D eigenvalue weighted by Crippen LogP contribution is 2.22. The third-order valence-electron chi connectivity index (χ3n) is 2.46. The van der Waals surface area contributed by atoms with Crippen molar-refractivity contribution in [2.75, 3.05) is 0 Å². The average Bonchev–Trinajstić information content (AvgIpc) is 2.66. The number of hydrogen-bond acceptors (Lipinski definition) is 4. The van der Waals surface area contributed by atoms with Crippen molar-refractivity contribution in [2.45, 2.75) is 64.8 Å². The van der Waals surface area contributed by atoms with Crippen LogP contribution in [0.4, 0.5) is 13.2 Å². The number of alkyl halides is 3. The van der Waals surface area contributed by atoms with Gasteiger partial charge in [-0.05, 0) is 44.0 Å². The van der Waals surface area contributed by atoms with Gasteiger partial charge in [0.25, 0.3) is 0 Å². The van der Waals surface area contributed by atoms with E-state index in [4.69, 9.17) is 0 Å². The fourth-order valence-electron chi connectivity index (χ4n) is 1.45. The molecule has 1 aromatic rings. The second-order valence-electron chi connectivity index (χ2n) is 5.49. The minimum atomic E-state index is -4.09. The molecule has 1 N–H and O–H groups in total. The number of nitrogens with one attached hydrogen (secondary N) is 1. The standard InChI is InChI=1S/C11H20F3N5/c1-10(2,3)15-8-9-16-17-18-19(9)7-5-4-6-11(12,13)14/h15H,4-8H2,1-3H3. The normalized spacial score (nSPS) is 12.9. The van der Waals surface area contributed by atoms with E-state index in [0.29, 0.717) is 25.3 Å². The van der Waals surface area contributed by atoms with E-state index in [2.05, 4.69) is 20.8 Å². The first-order valence-electron chi connectivity index (χ1n) is 6.24. The Morgan fingerprint density at radius 2 is 1.84 bits per heavy atom. The molecule has 1 rings (SSSR count). The second-order valence-corrected chi connectivity index (χ2v) is 5.49. The summed E-state index contributed by atoms with van der Waals surface area (Å²) in [6.07, 6.45) is -4.34. The summed E-state index contributed by atoms with van der Waals surface area (Å²) in [6, 6.07) is 0. The Morgan fingerprint density at radius 3 is 2.42 bits per heavy atom. The van der Waals surface area contributed by atoms with Gasteiger partial charge in [0.05, 0.1) is 6.54 Å². The molecule has 0 spiro atoms. The van der Waals surface area contributed by atoms with Crippen molar-refractivity contribution in [3.05, 3.63) is 5.82 Å². The summed E-state index contributed by atoms with van der Waals surface area (Å²) >= 11 is 0. The molecule has 0 radical (unpaired) electrons. The quantitative estimate of drug-likeness (QED) is 0.812. The van der Waals surface area contributed by atoms with Gasteiger partial charge in [0.1, 0.15) is 0 Å². The molecule has 0 aliphatic rings. The van der Waals surface area contributed by atoms with Crippen LogP contribution in [0.25, 0.3) is 0 Å². The maximum absolute atomic E-state index is 12.0. The Bertz CT molecular complexity index is 380. The van der Waals surface area contributed by atoms with Gasteiger partial charge in [-0.2, -0.15) is 13.2 Å². The van der Waals surface area contributed by atoms with Gasteiger partial charge in [-0.25, -0.2) is 4.68 Å². The molecule has 0 fully saturated rings. The van der Waals surface area contributed by atoms with Crippen LogP contribution in [-0.2, 0) is 13.1 Å². The van der Waals surface area contributed by atoms with E-state index in [9.17, 15) is 13.2 Å². The Kier molecular flexibility index (Phi) is 5.28. The van der Waals surface area contributed by atoms with Gasteiger partial charge in [-0.3, -0.25) is 0 Å². The molecule has 0 aliphatic carbocycles. The van der Waals surface area contributed by atoms with Crippen LogP contribution in [0.3, 0.4) is 0 Å². The first-order chi connectivity index (χ1) is 8.67. The summed E-state index contributed by atoms with van der Waals surface area (Å²) in [5.74, 6) is 0.641. The molecule has 0 amide bonds. The van der Waals surface area contributed by atoms with Gasteiger partial charge >= 0.3 is 6.18 Å². The van der Waals surface area contributed by atoms with Crippen LogP contribution >= 0.6 is 0 Å². The van der Waals surface area contributed by atoms with E-state index < -0.39 is 12.6 Å². The molecule has 0 aliphatic heterocycles. The van der Waals surface area contributed by atoms with Crippen LogP contribution in [0.1, 0.15) is 45.9 Å². The van der Waals surface area contributed by atoms with E-state index in [1.807, 2.05) is 20.8 Å². The fraction of sp³-hybridized carbons (Fsp3) is 0.909. The Morgan fingerprint density at radius 1 is 1.16 bits per heavy atom. The molecule has 0 atom stereocenters. The predicted octanol–water partition coefficient (Wildman–Crippen LogP) is 2.29. The third kappa shape index (κ3) is 7.09. The zero-order valence-corrected chi connectivity index (χ0v) is 11.5. The molecule has 0 saturated carbocycles. The lowest BCUT2D eigenvalue weighted by molar-refractivity contribution is -0.135. The summed E-state index contributed by atoms with van der Waals surface area (Å²) in [6.45, 7) is 6.96. The first kappa shape index (κ1) is 15.9. The van der Waals surface area contributed by atoms with Gasteiger partial charge in [0.2, 0.25) is 0 Å². The summed E-state index contributed by atoms with van der Waals surface area (Å²) in [5, 5.41) is 14.4.